The molecule has 0 aliphatic carbocycles. The van der Waals surface area contributed by atoms with Crippen LogP contribution in [0.5, 0.6) is 5.88 Å². The fourth-order valence-corrected chi connectivity index (χ4v) is 2.06. The van der Waals surface area contributed by atoms with Gasteiger partial charge in [0.15, 0.2) is 11.8 Å². The predicted molar refractivity (Wildman–Crippen MR) is 73.9 cm³/mol. The number of hydrogen-bond acceptors (Lipinski definition) is 4. The Kier molecular flexibility index (Phi) is 4.54. The van der Waals surface area contributed by atoms with E-state index in [2.05, 4.69) is 26.8 Å². The van der Waals surface area contributed by atoms with Crippen LogP contribution in [0.2, 0.25) is 0 Å². The van der Waals surface area contributed by atoms with Gasteiger partial charge in [-0.15, -0.1) is 0 Å². The Morgan fingerprint density at radius 2 is 2.26 bits per heavy atom. The van der Waals surface area contributed by atoms with Gasteiger partial charge in [0, 0.05) is 25.4 Å². The van der Waals surface area contributed by atoms with Gasteiger partial charge in [0.25, 0.3) is 0 Å². The van der Waals surface area contributed by atoms with E-state index in [1.54, 1.807) is 19.4 Å². The molecule has 0 atom stereocenters. The lowest BCUT2D eigenvalue weighted by atomic mass is 10.00. The normalized spacial score (nSPS) is 17.6. The molecule has 0 amide bonds. The molecule has 6 nitrogen and oxygen atoms in total. The van der Waals surface area contributed by atoms with Crippen molar-refractivity contribution in [1.82, 2.24) is 14.9 Å². The average molecular weight is 263 g/mol. The Bertz CT molecular complexity index is 440. The molecule has 104 valence electrons. The van der Waals surface area contributed by atoms with Gasteiger partial charge in [-0.1, -0.05) is 6.92 Å². The van der Waals surface area contributed by atoms with Gasteiger partial charge in [0.1, 0.15) is 6.54 Å². The third-order valence-electron chi connectivity index (χ3n) is 3.38. The molecule has 1 aliphatic heterocycles. The average Bonchev–Trinajstić information content (AvgIpc) is 2.46. The van der Waals surface area contributed by atoms with Gasteiger partial charge in [-0.2, -0.15) is 4.98 Å². The lowest BCUT2D eigenvalue weighted by molar-refractivity contribution is 0.277. The van der Waals surface area contributed by atoms with Crippen molar-refractivity contribution in [1.29, 1.82) is 0 Å². The minimum Gasteiger partial charge on any atom is -0.481 e. The monoisotopic (exact) mass is 263 g/mol. The van der Waals surface area contributed by atoms with Crippen LogP contribution < -0.4 is 10.5 Å². The molecule has 0 aromatic carbocycles. The third-order valence-corrected chi connectivity index (χ3v) is 3.38. The van der Waals surface area contributed by atoms with Crippen LogP contribution in [-0.2, 0) is 6.54 Å². The number of aromatic nitrogens is 2. The summed E-state index contributed by atoms with van der Waals surface area (Å²) < 4.78 is 5.05. The van der Waals surface area contributed by atoms with E-state index in [1.165, 1.54) is 12.8 Å². The molecule has 1 aromatic heterocycles. The molecular weight excluding hydrogens is 242 g/mol. The molecule has 0 unspecified atom stereocenters. The first kappa shape index (κ1) is 13.6. The smallest absolute Gasteiger partial charge is 0.216 e. The van der Waals surface area contributed by atoms with Gasteiger partial charge >= 0.3 is 0 Å². The summed E-state index contributed by atoms with van der Waals surface area (Å²) in [5, 5.41) is 0. The SMILES string of the molecule is COc1ccnc(CN=C(N)N2CCC(C)CC2)n1. The zero-order valence-electron chi connectivity index (χ0n) is 11.5. The third kappa shape index (κ3) is 3.81. The number of aliphatic imine (C=N–C) groups is 1. The molecule has 0 saturated carbocycles. The number of hydrogen-bond donors (Lipinski definition) is 1. The Morgan fingerprint density at radius 1 is 1.53 bits per heavy atom. The molecular formula is C13H21N5O. The molecule has 19 heavy (non-hydrogen) atoms. The van der Waals surface area contributed by atoms with Crippen LogP contribution in [0.1, 0.15) is 25.6 Å². The fourth-order valence-electron chi connectivity index (χ4n) is 2.06. The highest BCUT2D eigenvalue weighted by atomic mass is 16.5. The number of guanidine groups is 1. The Morgan fingerprint density at radius 3 is 2.95 bits per heavy atom. The van der Waals surface area contributed by atoms with Gasteiger partial charge in [0.05, 0.1) is 7.11 Å². The highest BCUT2D eigenvalue weighted by molar-refractivity contribution is 5.78. The predicted octanol–water partition coefficient (Wildman–Crippen LogP) is 1.03. The molecule has 0 spiro atoms. The van der Waals surface area contributed by atoms with Crippen molar-refractivity contribution in [2.24, 2.45) is 16.6 Å². The summed E-state index contributed by atoms with van der Waals surface area (Å²) in [5.74, 6) is 2.53. The second-order valence-corrected chi connectivity index (χ2v) is 4.86. The second-order valence-electron chi connectivity index (χ2n) is 4.86. The molecule has 1 saturated heterocycles. The number of piperidine rings is 1. The van der Waals surface area contributed by atoms with E-state index >= 15 is 0 Å². The Balaban J connectivity index is 1.93. The van der Waals surface area contributed by atoms with Gasteiger partial charge in [-0.05, 0) is 18.8 Å². The molecule has 6 heteroatoms. The molecule has 1 fully saturated rings. The summed E-state index contributed by atoms with van der Waals surface area (Å²) in [6.45, 7) is 4.62. The van der Waals surface area contributed by atoms with Crippen molar-refractivity contribution in [3.63, 3.8) is 0 Å². The van der Waals surface area contributed by atoms with Gasteiger partial charge < -0.3 is 15.4 Å². The number of nitrogens with two attached hydrogens (primary N) is 1. The summed E-state index contributed by atoms with van der Waals surface area (Å²) in [6, 6.07) is 1.71. The molecule has 0 radical (unpaired) electrons. The Labute approximate surface area is 113 Å². The van der Waals surface area contributed by atoms with Gasteiger partial charge in [0.2, 0.25) is 5.88 Å². The standard InChI is InChI=1S/C13H21N5O/c1-10-4-7-18(8-5-10)13(14)16-9-11-15-6-3-12(17-11)19-2/h3,6,10H,4-5,7-9H2,1-2H3,(H2,14,16). The van der Waals surface area contributed by atoms with E-state index in [4.69, 9.17) is 10.5 Å². The van der Waals surface area contributed by atoms with E-state index in [-0.39, 0.29) is 0 Å². The fraction of sp³-hybridized carbons (Fsp3) is 0.615. The summed E-state index contributed by atoms with van der Waals surface area (Å²) >= 11 is 0. The van der Waals surface area contributed by atoms with Crippen LogP contribution in [0.15, 0.2) is 17.3 Å². The molecule has 2 N–H and O–H groups in total. The molecule has 1 aromatic rings. The summed E-state index contributed by atoms with van der Waals surface area (Å²) in [6.07, 6.45) is 4.01. The van der Waals surface area contributed by atoms with Crippen LogP contribution in [0.3, 0.4) is 0 Å². The van der Waals surface area contributed by atoms with Crippen LogP contribution in [0, 0.1) is 5.92 Å². The number of ether oxygens (including phenoxy) is 1. The summed E-state index contributed by atoms with van der Waals surface area (Å²) in [5.41, 5.74) is 6.00. The number of likely N-dealkylation sites (tertiary alicyclic amines) is 1. The van der Waals surface area contributed by atoms with Gasteiger partial charge in [-0.25, -0.2) is 9.98 Å². The number of rotatable bonds is 3. The van der Waals surface area contributed by atoms with Crippen LogP contribution in [0.25, 0.3) is 0 Å². The van der Waals surface area contributed by atoms with E-state index in [0.29, 0.717) is 24.2 Å². The van der Waals surface area contributed by atoms with E-state index in [9.17, 15) is 0 Å². The minimum absolute atomic E-state index is 0.384. The van der Waals surface area contributed by atoms with Crippen LogP contribution in [0.4, 0.5) is 0 Å². The first-order chi connectivity index (χ1) is 9.19. The largest absolute Gasteiger partial charge is 0.481 e. The van der Waals surface area contributed by atoms with Crippen molar-refractivity contribution < 1.29 is 4.74 Å². The maximum absolute atomic E-state index is 6.00. The first-order valence-electron chi connectivity index (χ1n) is 6.60. The van der Waals surface area contributed by atoms with Crippen molar-refractivity contribution >= 4 is 5.96 Å². The van der Waals surface area contributed by atoms with Crippen molar-refractivity contribution in [2.45, 2.75) is 26.3 Å². The van der Waals surface area contributed by atoms with Gasteiger partial charge in [-0.3, -0.25) is 0 Å². The van der Waals surface area contributed by atoms with E-state index in [1.807, 2.05) is 0 Å². The van der Waals surface area contributed by atoms with Crippen molar-refractivity contribution in [3.8, 4) is 5.88 Å². The second kappa shape index (κ2) is 6.36. The number of nitrogens with zero attached hydrogens (tertiary/aromatic N) is 4. The van der Waals surface area contributed by atoms with Crippen LogP contribution >= 0.6 is 0 Å². The first-order valence-corrected chi connectivity index (χ1v) is 6.60. The minimum atomic E-state index is 0.384. The zero-order chi connectivity index (χ0) is 13.7. The summed E-state index contributed by atoms with van der Waals surface area (Å²) in [7, 11) is 1.58. The van der Waals surface area contributed by atoms with Crippen molar-refractivity contribution in [2.75, 3.05) is 20.2 Å². The maximum Gasteiger partial charge on any atom is 0.216 e. The highest BCUT2D eigenvalue weighted by Gasteiger charge is 2.16. The quantitative estimate of drug-likeness (QED) is 0.651. The molecule has 2 heterocycles. The van der Waals surface area contributed by atoms with Crippen LogP contribution in [-0.4, -0.2) is 41.0 Å². The lowest BCUT2D eigenvalue weighted by Gasteiger charge is -2.30. The molecule has 1 aliphatic rings. The molecule has 2 rings (SSSR count). The Hall–Kier alpha value is -1.85. The van der Waals surface area contributed by atoms with E-state index < -0.39 is 0 Å². The number of methoxy groups -OCH3 is 1. The maximum atomic E-state index is 6.00. The zero-order valence-corrected chi connectivity index (χ0v) is 11.5. The van der Waals surface area contributed by atoms with Crippen molar-refractivity contribution in [3.05, 3.63) is 18.1 Å². The summed E-state index contributed by atoms with van der Waals surface area (Å²) in [4.78, 5) is 14.8. The topological polar surface area (TPSA) is 76.6 Å². The highest BCUT2D eigenvalue weighted by Crippen LogP contribution is 2.15. The lowest BCUT2D eigenvalue weighted by Crippen LogP contribution is -2.42. The molecule has 0 bridgehead atoms. The van der Waals surface area contributed by atoms with E-state index in [0.717, 1.165) is 19.0 Å².